The molecule has 0 radical (unpaired) electrons. The van der Waals surface area contributed by atoms with Crippen LogP contribution in [-0.4, -0.2) is 29.1 Å². The van der Waals surface area contributed by atoms with Crippen LogP contribution in [0.3, 0.4) is 0 Å². The van der Waals surface area contributed by atoms with E-state index in [1.165, 1.54) is 0 Å². The van der Waals surface area contributed by atoms with Crippen LogP contribution in [0.1, 0.15) is 27.2 Å². The van der Waals surface area contributed by atoms with Gasteiger partial charge in [-0.1, -0.05) is 30.1 Å². The molecule has 6 heteroatoms. The molecule has 1 rings (SSSR count). The number of rotatable bonds is 7. The van der Waals surface area contributed by atoms with Crippen molar-refractivity contribution in [3.8, 4) is 0 Å². The topological polar surface area (TPSA) is 37.0 Å². The van der Waals surface area contributed by atoms with Crippen LogP contribution in [-0.2, 0) is 0 Å². The van der Waals surface area contributed by atoms with Gasteiger partial charge in [-0.2, -0.15) is 11.8 Å². The summed E-state index contributed by atoms with van der Waals surface area (Å²) in [6, 6.07) is 1.72. The molecule has 0 atom stereocenters. The number of halogens is 2. The van der Waals surface area contributed by atoms with Gasteiger partial charge in [0.1, 0.15) is 11.6 Å². The highest BCUT2D eigenvalue weighted by Gasteiger charge is 2.17. The van der Waals surface area contributed by atoms with Gasteiger partial charge < -0.3 is 10.6 Å². The van der Waals surface area contributed by atoms with E-state index < -0.39 is 0 Å². The Hall–Kier alpha value is -0.320. The molecule has 0 saturated carbocycles. The summed E-state index contributed by atoms with van der Waals surface area (Å²) < 4.78 is 0.127. The fourth-order valence-electron chi connectivity index (χ4n) is 1.33. The lowest BCUT2D eigenvalue weighted by atomic mass is 10.2. The van der Waals surface area contributed by atoms with E-state index in [0.717, 1.165) is 19.5 Å². The molecule has 0 unspecified atom stereocenters. The normalized spacial score (nSPS) is 11.5. The standard InChI is InChI=1S/C13H21Cl2N3S/c1-5-6-16-11-9(14)7-10(15)12(18-11)17-8-13(2,3)19-4/h7H,5-6,8H2,1-4H3,(H2,16,17,18). The molecule has 0 amide bonds. The summed E-state index contributed by atoms with van der Waals surface area (Å²) in [5.74, 6) is 1.35. The quantitative estimate of drug-likeness (QED) is 0.758. The van der Waals surface area contributed by atoms with Gasteiger partial charge in [0.25, 0.3) is 0 Å². The zero-order valence-electron chi connectivity index (χ0n) is 11.8. The van der Waals surface area contributed by atoms with Gasteiger partial charge in [-0.3, -0.25) is 0 Å². The van der Waals surface area contributed by atoms with Crippen molar-refractivity contribution >= 4 is 46.6 Å². The molecule has 0 saturated heterocycles. The zero-order valence-corrected chi connectivity index (χ0v) is 14.1. The number of hydrogen-bond donors (Lipinski definition) is 2. The molecule has 1 heterocycles. The van der Waals surface area contributed by atoms with Gasteiger partial charge in [0.2, 0.25) is 0 Å². The first-order chi connectivity index (χ1) is 8.89. The van der Waals surface area contributed by atoms with E-state index in [9.17, 15) is 0 Å². The Morgan fingerprint density at radius 1 is 1.21 bits per heavy atom. The van der Waals surface area contributed by atoms with Gasteiger partial charge >= 0.3 is 0 Å². The molecule has 0 aliphatic heterocycles. The summed E-state index contributed by atoms with van der Waals surface area (Å²) in [7, 11) is 0. The van der Waals surface area contributed by atoms with Crippen LogP contribution in [0.25, 0.3) is 0 Å². The molecular formula is C13H21Cl2N3S. The van der Waals surface area contributed by atoms with E-state index in [-0.39, 0.29) is 4.75 Å². The number of nitrogens with one attached hydrogen (secondary N) is 2. The summed E-state index contributed by atoms with van der Waals surface area (Å²) in [4.78, 5) is 4.45. The number of thioether (sulfide) groups is 1. The fourth-order valence-corrected chi connectivity index (χ4v) is 2.04. The van der Waals surface area contributed by atoms with Gasteiger partial charge in [0.15, 0.2) is 0 Å². The maximum atomic E-state index is 6.16. The second kappa shape index (κ2) is 7.46. The van der Waals surface area contributed by atoms with E-state index in [4.69, 9.17) is 23.2 Å². The van der Waals surface area contributed by atoms with Crippen LogP contribution >= 0.6 is 35.0 Å². The summed E-state index contributed by atoms with van der Waals surface area (Å²) in [6.45, 7) is 8.06. The third-order valence-electron chi connectivity index (χ3n) is 2.71. The highest BCUT2D eigenvalue weighted by Crippen LogP contribution is 2.30. The second-order valence-corrected chi connectivity index (χ2v) is 7.22. The molecule has 0 aliphatic rings. The summed E-state index contributed by atoms with van der Waals surface area (Å²) in [5.41, 5.74) is 0. The molecule has 0 bridgehead atoms. The number of aromatic nitrogens is 1. The van der Waals surface area contributed by atoms with Gasteiger partial charge in [0, 0.05) is 17.8 Å². The van der Waals surface area contributed by atoms with Crippen molar-refractivity contribution in [1.82, 2.24) is 4.98 Å². The first-order valence-electron chi connectivity index (χ1n) is 6.28. The van der Waals surface area contributed by atoms with Crippen LogP contribution in [0, 0.1) is 0 Å². The molecule has 1 aromatic heterocycles. The molecule has 0 aromatic carbocycles. The smallest absolute Gasteiger partial charge is 0.147 e. The van der Waals surface area contributed by atoms with Gasteiger partial charge in [-0.25, -0.2) is 4.98 Å². The Morgan fingerprint density at radius 2 is 1.79 bits per heavy atom. The molecule has 0 fully saturated rings. The summed E-state index contributed by atoms with van der Waals surface area (Å²) in [6.07, 6.45) is 3.11. The number of hydrogen-bond acceptors (Lipinski definition) is 4. The van der Waals surface area contributed by atoms with E-state index >= 15 is 0 Å². The molecule has 1 aromatic rings. The third-order valence-corrected chi connectivity index (χ3v) is 4.53. The molecule has 0 aliphatic carbocycles. The number of anilines is 2. The van der Waals surface area contributed by atoms with E-state index in [1.807, 2.05) is 0 Å². The van der Waals surface area contributed by atoms with Crippen LogP contribution in [0.4, 0.5) is 11.6 Å². The van der Waals surface area contributed by atoms with Crippen molar-refractivity contribution in [1.29, 1.82) is 0 Å². The van der Waals surface area contributed by atoms with E-state index in [1.54, 1.807) is 17.8 Å². The van der Waals surface area contributed by atoms with Gasteiger partial charge in [0.05, 0.1) is 10.0 Å². The number of nitrogens with zero attached hydrogens (tertiary/aromatic N) is 1. The monoisotopic (exact) mass is 321 g/mol. The van der Waals surface area contributed by atoms with Crippen molar-refractivity contribution in [2.24, 2.45) is 0 Å². The average molecular weight is 322 g/mol. The minimum Gasteiger partial charge on any atom is -0.369 e. The lowest BCUT2D eigenvalue weighted by Crippen LogP contribution is -2.26. The highest BCUT2D eigenvalue weighted by molar-refractivity contribution is 7.99. The maximum Gasteiger partial charge on any atom is 0.147 e. The Bertz CT molecular complexity index is 425. The first-order valence-corrected chi connectivity index (χ1v) is 8.26. The Labute approximate surface area is 129 Å². The highest BCUT2D eigenvalue weighted by atomic mass is 35.5. The maximum absolute atomic E-state index is 6.16. The van der Waals surface area contributed by atoms with Crippen LogP contribution in [0.15, 0.2) is 6.07 Å². The molecular weight excluding hydrogens is 301 g/mol. The fraction of sp³-hybridized carbons (Fsp3) is 0.615. The average Bonchev–Trinajstić information content (AvgIpc) is 2.36. The lowest BCUT2D eigenvalue weighted by Gasteiger charge is -2.23. The molecule has 19 heavy (non-hydrogen) atoms. The summed E-state index contributed by atoms with van der Waals surface area (Å²) >= 11 is 14.1. The Kier molecular flexibility index (Phi) is 6.57. The van der Waals surface area contributed by atoms with Crippen LogP contribution < -0.4 is 10.6 Å². The third kappa shape index (κ3) is 5.28. The van der Waals surface area contributed by atoms with E-state index in [0.29, 0.717) is 21.7 Å². The first kappa shape index (κ1) is 16.7. The van der Waals surface area contributed by atoms with Gasteiger partial charge in [-0.15, -0.1) is 0 Å². The predicted octanol–water partition coefficient (Wildman–Crippen LogP) is 4.76. The minimum atomic E-state index is 0.127. The number of pyridine rings is 1. The predicted molar refractivity (Wildman–Crippen MR) is 89.1 cm³/mol. The molecule has 3 nitrogen and oxygen atoms in total. The van der Waals surface area contributed by atoms with Crippen molar-refractivity contribution < 1.29 is 0 Å². The molecule has 108 valence electrons. The Morgan fingerprint density at radius 3 is 2.32 bits per heavy atom. The Balaban J connectivity index is 2.82. The van der Waals surface area contributed by atoms with Gasteiger partial charge in [-0.05, 0) is 32.6 Å². The van der Waals surface area contributed by atoms with E-state index in [2.05, 4.69) is 42.6 Å². The molecule has 2 N–H and O–H groups in total. The van der Waals surface area contributed by atoms with Crippen molar-refractivity contribution in [3.05, 3.63) is 16.1 Å². The molecule has 0 spiro atoms. The van der Waals surface area contributed by atoms with Crippen LogP contribution in [0.2, 0.25) is 10.0 Å². The van der Waals surface area contributed by atoms with Crippen LogP contribution in [0.5, 0.6) is 0 Å². The van der Waals surface area contributed by atoms with Crippen molar-refractivity contribution in [2.45, 2.75) is 31.9 Å². The zero-order chi connectivity index (χ0) is 14.5. The SMILES string of the molecule is CCCNc1nc(NCC(C)(C)SC)c(Cl)cc1Cl. The largest absolute Gasteiger partial charge is 0.369 e. The van der Waals surface area contributed by atoms with Crippen molar-refractivity contribution in [3.63, 3.8) is 0 Å². The second-order valence-electron chi connectivity index (χ2n) is 4.89. The van der Waals surface area contributed by atoms with Crippen molar-refractivity contribution in [2.75, 3.05) is 30.0 Å². The minimum absolute atomic E-state index is 0.127. The summed E-state index contributed by atoms with van der Waals surface area (Å²) in [5, 5.41) is 7.57. The lowest BCUT2D eigenvalue weighted by molar-refractivity contribution is 0.750.